The van der Waals surface area contributed by atoms with Gasteiger partial charge in [0.15, 0.2) is 0 Å². The molecule has 0 aromatic heterocycles. The van der Waals surface area contributed by atoms with Crippen molar-refractivity contribution in [3.8, 4) is 0 Å². The molecule has 0 aliphatic rings. The molecule has 92 valence electrons. The van der Waals surface area contributed by atoms with E-state index in [0.29, 0.717) is 26.4 Å². The van der Waals surface area contributed by atoms with Crippen LogP contribution in [0.3, 0.4) is 0 Å². The standard InChI is InChI=1S/C8H19NO5S/c1-12-3-2-4-13-5-6-14-7-8-15(9,10)11/h2-8H2,1H3,(H2,9,10,11). The zero-order valence-electron chi connectivity index (χ0n) is 8.98. The van der Waals surface area contributed by atoms with Crippen molar-refractivity contribution in [2.45, 2.75) is 6.42 Å². The van der Waals surface area contributed by atoms with Crippen LogP contribution in [0.4, 0.5) is 0 Å². The van der Waals surface area contributed by atoms with Gasteiger partial charge in [-0.3, -0.25) is 0 Å². The van der Waals surface area contributed by atoms with Gasteiger partial charge in [-0.15, -0.1) is 0 Å². The first-order valence-electron chi connectivity index (χ1n) is 4.71. The summed E-state index contributed by atoms with van der Waals surface area (Å²) in [6.07, 6.45) is 0.841. The molecule has 0 fully saturated rings. The molecule has 6 nitrogen and oxygen atoms in total. The number of rotatable bonds is 10. The molecule has 0 aliphatic carbocycles. The third-order valence-electron chi connectivity index (χ3n) is 1.52. The van der Waals surface area contributed by atoms with Crippen molar-refractivity contribution in [3.05, 3.63) is 0 Å². The summed E-state index contributed by atoms with van der Waals surface area (Å²) in [6, 6.07) is 0. The van der Waals surface area contributed by atoms with E-state index in [1.807, 2.05) is 0 Å². The zero-order chi connectivity index (χ0) is 11.6. The van der Waals surface area contributed by atoms with Crippen molar-refractivity contribution in [1.29, 1.82) is 0 Å². The van der Waals surface area contributed by atoms with Gasteiger partial charge in [0, 0.05) is 20.3 Å². The van der Waals surface area contributed by atoms with Crippen LogP contribution in [0.5, 0.6) is 0 Å². The first kappa shape index (κ1) is 14.8. The number of primary sulfonamides is 1. The third kappa shape index (κ3) is 13.8. The van der Waals surface area contributed by atoms with Crippen molar-refractivity contribution < 1.29 is 22.6 Å². The highest BCUT2D eigenvalue weighted by Crippen LogP contribution is 1.85. The van der Waals surface area contributed by atoms with Gasteiger partial charge < -0.3 is 14.2 Å². The lowest BCUT2D eigenvalue weighted by atomic mass is 10.5. The molecule has 0 aromatic rings. The van der Waals surface area contributed by atoms with Gasteiger partial charge in [-0.1, -0.05) is 0 Å². The van der Waals surface area contributed by atoms with Crippen LogP contribution in [-0.2, 0) is 24.2 Å². The van der Waals surface area contributed by atoms with E-state index in [2.05, 4.69) is 0 Å². The molecule has 0 radical (unpaired) electrons. The molecule has 0 spiro atoms. The predicted molar refractivity (Wildman–Crippen MR) is 56.1 cm³/mol. The minimum Gasteiger partial charge on any atom is -0.385 e. The van der Waals surface area contributed by atoms with Gasteiger partial charge in [0.25, 0.3) is 0 Å². The summed E-state index contributed by atoms with van der Waals surface area (Å²) in [6.45, 7) is 2.23. The Balaban J connectivity index is 3.06. The molecule has 0 atom stereocenters. The Morgan fingerprint density at radius 3 is 2.13 bits per heavy atom. The second-order valence-corrected chi connectivity index (χ2v) is 4.67. The Labute approximate surface area is 90.7 Å². The molecule has 0 heterocycles. The molecule has 0 saturated heterocycles. The average Bonchev–Trinajstić information content (AvgIpc) is 2.14. The molecule has 0 rings (SSSR count). The van der Waals surface area contributed by atoms with E-state index in [1.165, 1.54) is 0 Å². The average molecular weight is 241 g/mol. The predicted octanol–water partition coefficient (Wildman–Crippen LogP) is -0.655. The third-order valence-corrected chi connectivity index (χ3v) is 2.26. The van der Waals surface area contributed by atoms with Crippen LogP contribution in [0.2, 0.25) is 0 Å². The maximum absolute atomic E-state index is 10.5. The highest BCUT2D eigenvalue weighted by molar-refractivity contribution is 7.89. The lowest BCUT2D eigenvalue weighted by molar-refractivity contribution is 0.0447. The minimum absolute atomic E-state index is 0.111. The van der Waals surface area contributed by atoms with Crippen molar-refractivity contribution in [2.75, 3.05) is 45.9 Å². The van der Waals surface area contributed by atoms with Crippen LogP contribution in [0.15, 0.2) is 0 Å². The van der Waals surface area contributed by atoms with E-state index in [-0.39, 0.29) is 12.4 Å². The molecular formula is C8H19NO5S. The van der Waals surface area contributed by atoms with Gasteiger partial charge in [-0.05, 0) is 6.42 Å². The number of sulfonamides is 1. The fourth-order valence-corrected chi connectivity index (χ4v) is 1.15. The van der Waals surface area contributed by atoms with Crippen LogP contribution in [0.1, 0.15) is 6.42 Å². The van der Waals surface area contributed by atoms with E-state index < -0.39 is 10.0 Å². The van der Waals surface area contributed by atoms with Gasteiger partial charge in [-0.2, -0.15) is 0 Å². The van der Waals surface area contributed by atoms with Crippen LogP contribution in [0.25, 0.3) is 0 Å². The molecule has 0 amide bonds. The zero-order valence-corrected chi connectivity index (χ0v) is 9.79. The van der Waals surface area contributed by atoms with Gasteiger partial charge in [0.05, 0.1) is 25.6 Å². The van der Waals surface area contributed by atoms with Crippen LogP contribution >= 0.6 is 0 Å². The van der Waals surface area contributed by atoms with Crippen molar-refractivity contribution in [2.24, 2.45) is 5.14 Å². The van der Waals surface area contributed by atoms with Crippen molar-refractivity contribution in [3.63, 3.8) is 0 Å². The molecule has 2 N–H and O–H groups in total. The number of methoxy groups -OCH3 is 1. The lowest BCUT2D eigenvalue weighted by Crippen LogP contribution is -2.21. The summed E-state index contributed by atoms with van der Waals surface area (Å²) >= 11 is 0. The van der Waals surface area contributed by atoms with E-state index in [4.69, 9.17) is 19.3 Å². The molecule has 0 unspecified atom stereocenters. The lowest BCUT2D eigenvalue weighted by Gasteiger charge is -2.04. The highest BCUT2D eigenvalue weighted by atomic mass is 32.2. The Bertz CT molecular complexity index is 229. The molecule has 0 aromatic carbocycles. The van der Waals surface area contributed by atoms with Gasteiger partial charge in [-0.25, -0.2) is 13.6 Å². The summed E-state index contributed by atoms with van der Waals surface area (Å²) in [5.41, 5.74) is 0. The van der Waals surface area contributed by atoms with E-state index in [1.54, 1.807) is 7.11 Å². The topological polar surface area (TPSA) is 87.8 Å². The fourth-order valence-electron chi connectivity index (χ4n) is 0.802. The first-order valence-corrected chi connectivity index (χ1v) is 6.42. The van der Waals surface area contributed by atoms with E-state index >= 15 is 0 Å². The number of hydrogen-bond acceptors (Lipinski definition) is 5. The molecule has 0 saturated carbocycles. The number of ether oxygens (including phenoxy) is 3. The van der Waals surface area contributed by atoms with E-state index in [0.717, 1.165) is 6.42 Å². The highest BCUT2D eigenvalue weighted by Gasteiger charge is 2.01. The first-order chi connectivity index (χ1) is 7.06. The maximum Gasteiger partial charge on any atom is 0.211 e. The second-order valence-electron chi connectivity index (χ2n) is 2.94. The minimum atomic E-state index is -3.41. The number of nitrogens with two attached hydrogens (primary N) is 1. The van der Waals surface area contributed by atoms with Gasteiger partial charge >= 0.3 is 0 Å². The molecular weight excluding hydrogens is 222 g/mol. The summed E-state index contributed by atoms with van der Waals surface area (Å²) in [7, 11) is -1.78. The Hall–Kier alpha value is -0.210. The quantitative estimate of drug-likeness (QED) is 0.513. The Morgan fingerprint density at radius 1 is 1.00 bits per heavy atom. The molecule has 7 heteroatoms. The van der Waals surface area contributed by atoms with Gasteiger partial charge in [0.1, 0.15) is 0 Å². The molecule has 0 aliphatic heterocycles. The normalized spacial score (nSPS) is 11.9. The molecule has 0 bridgehead atoms. The SMILES string of the molecule is COCCCOCCOCCS(N)(=O)=O. The fraction of sp³-hybridized carbons (Fsp3) is 1.00. The van der Waals surface area contributed by atoms with E-state index in [9.17, 15) is 8.42 Å². The van der Waals surface area contributed by atoms with Crippen molar-refractivity contribution >= 4 is 10.0 Å². The van der Waals surface area contributed by atoms with Crippen LogP contribution in [0, 0.1) is 0 Å². The molecule has 15 heavy (non-hydrogen) atoms. The monoisotopic (exact) mass is 241 g/mol. The summed E-state index contributed by atoms with van der Waals surface area (Å²) in [4.78, 5) is 0. The van der Waals surface area contributed by atoms with Crippen LogP contribution in [-0.4, -0.2) is 54.3 Å². The second kappa shape index (κ2) is 9.05. The summed E-state index contributed by atoms with van der Waals surface area (Å²) < 4.78 is 36.0. The van der Waals surface area contributed by atoms with Gasteiger partial charge in [0.2, 0.25) is 10.0 Å². The Kier molecular flexibility index (Phi) is 8.92. The summed E-state index contributed by atoms with van der Waals surface area (Å²) in [5, 5.41) is 4.78. The largest absolute Gasteiger partial charge is 0.385 e. The van der Waals surface area contributed by atoms with Crippen LogP contribution < -0.4 is 5.14 Å². The number of hydrogen-bond donors (Lipinski definition) is 1. The summed E-state index contributed by atoms with van der Waals surface area (Å²) in [5.74, 6) is -0.156. The maximum atomic E-state index is 10.5. The Morgan fingerprint density at radius 2 is 1.60 bits per heavy atom. The smallest absolute Gasteiger partial charge is 0.211 e. The van der Waals surface area contributed by atoms with Crippen molar-refractivity contribution in [1.82, 2.24) is 0 Å².